The molecule has 1 saturated carbocycles. The van der Waals surface area contributed by atoms with Gasteiger partial charge in [-0.15, -0.1) is 0 Å². The van der Waals surface area contributed by atoms with Gasteiger partial charge in [-0.2, -0.15) is 17.9 Å². The molecule has 0 spiro atoms. The van der Waals surface area contributed by atoms with Gasteiger partial charge >= 0.3 is 12.1 Å². The van der Waals surface area contributed by atoms with E-state index >= 15 is 0 Å². The molecule has 0 unspecified atom stereocenters. The number of para-hydroxylation sites is 1. The van der Waals surface area contributed by atoms with Gasteiger partial charge in [-0.1, -0.05) is 48.2 Å². The van der Waals surface area contributed by atoms with Crippen LogP contribution >= 0.6 is 23.2 Å². The molecule has 2 aliphatic rings. The van der Waals surface area contributed by atoms with E-state index in [9.17, 15) is 26.4 Å². The van der Waals surface area contributed by atoms with E-state index in [1.807, 2.05) is 51.0 Å². The van der Waals surface area contributed by atoms with Crippen LogP contribution in [0.1, 0.15) is 48.9 Å². The summed E-state index contributed by atoms with van der Waals surface area (Å²) in [5.74, 6) is -1.98. The van der Waals surface area contributed by atoms with Crippen LogP contribution < -0.4 is 15.2 Å². The summed E-state index contributed by atoms with van der Waals surface area (Å²) >= 11 is 13.3. The number of piperazine rings is 1. The summed E-state index contributed by atoms with van der Waals surface area (Å²) in [4.78, 5) is 37.7. The number of nitrogens with zero attached hydrogens (tertiary/aromatic N) is 5. The zero-order valence-corrected chi connectivity index (χ0v) is 33.4. The molecule has 1 aromatic heterocycles. The zero-order chi connectivity index (χ0) is 40.7. The molecule has 5 rings (SSSR count). The van der Waals surface area contributed by atoms with Crippen LogP contribution in [0.5, 0.6) is 5.75 Å². The summed E-state index contributed by atoms with van der Waals surface area (Å²) in [7, 11) is -0.200. The van der Waals surface area contributed by atoms with E-state index in [2.05, 4.69) is 19.6 Å². The van der Waals surface area contributed by atoms with Gasteiger partial charge < -0.3 is 30.3 Å². The number of guanidine groups is 1. The van der Waals surface area contributed by atoms with Crippen molar-refractivity contribution in [2.24, 2.45) is 10.7 Å². The van der Waals surface area contributed by atoms with Crippen molar-refractivity contribution in [1.82, 2.24) is 24.4 Å². The van der Waals surface area contributed by atoms with E-state index in [0.717, 1.165) is 42.5 Å². The number of carboxylic acid groups (broad SMARTS) is 1. The summed E-state index contributed by atoms with van der Waals surface area (Å²) in [5.41, 5.74) is 7.92. The van der Waals surface area contributed by atoms with Crippen molar-refractivity contribution in [2.45, 2.75) is 69.2 Å². The molecule has 0 radical (unpaired) electrons. The van der Waals surface area contributed by atoms with Crippen LogP contribution in [0.25, 0.3) is 10.9 Å². The Labute approximate surface area is 328 Å². The molecule has 19 heteroatoms. The third-order valence-electron chi connectivity index (χ3n) is 9.32. The summed E-state index contributed by atoms with van der Waals surface area (Å²) < 4.78 is 68.7. The van der Waals surface area contributed by atoms with E-state index in [4.69, 9.17) is 43.6 Å². The molecule has 1 aliphatic carbocycles. The fourth-order valence-electron chi connectivity index (χ4n) is 6.51. The van der Waals surface area contributed by atoms with Crippen molar-refractivity contribution >= 4 is 62.0 Å². The monoisotopic (exact) mass is 831 g/mol. The SMILES string of the molecule is Cc1cc(C)c2cccc(OCc3c(Cl)ccc(S(=O)(=O)NC4(C(=O)N5CCN(C(N)=NCCCN(C)C)CC5)CCCC4)c3Cl)c2n1.O=C(O)C(F)(F)F. The van der Waals surface area contributed by atoms with E-state index in [-0.39, 0.29) is 27.5 Å². The molecule has 2 heterocycles. The number of sulfonamides is 1. The number of aryl methyl sites for hydroxylation is 2. The minimum Gasteiger partial charge on any atom is -0.487 e. The Balaban J connectivity index is 0.000000876. The molecule has 1 aliphatic heterocycles. The minimum atomic E-state index is -5.08. The first-order valence-corrected chi connectivity index (χ1v) is 19.8. The van der Waals surface area contributed by atoms with Crippen molar-refractivity contribution < 1.29 is 41.0 Å². The van der Waals surface area contributed by atoms with Gasteiger partial charge in [-0.25, -0.2) is 18.2 Å². The predicted octanol–water partition coefficient (Wildman–Crippen LogP) is 5.37. The smallest absolute Gasteiger partial charge is 0.487 e. The number of hydrogen-bond donors (Lipinski definition) is 3. The van der Waals surface area contributed by atoms with Gasteiger partial charge in [-0.3, -0.25) is 9.79 Å². The topological polar surface area (TPSA) is 171 Å². The maximum Gasteiger partial charge on any atom is 0.490 e. The van der Waals surface area contributed by atoms with Crippen molar-refractivity contribution in [3.63, 3.8) is 0 Å². The lowest BCUT2D eigenvalue weighted by Gasteiger charge is -2.40. The van der Waals surface area contributed by atoms with Gasteiger partial charge in [0.15, 0.2) is 5.96 Å². The van der Waals surface area contributed by atoms with Crippen LogP contribution in [0, 0.1) is 13.8 Å². The van der Waals surface area contributed by atoms with Crippen LogP contribution in [0.4, 0.5) is 13.2 Å². The number of aliphatic imine (C=N–C) groups is 1. The molecule has 3 aromatic rings. The molecule has 302 valence electrons. The number of ether oxygens (including phenoxy) is 1. The first-order valence-electron chi connectivity index (χ1n) is 17.6. The number of nitrogens with two attached hydrogens (primary N) is 1. The summed E-state index contributed by atoms with van der Waals surface area (Å²) in [6.07, 6.45) is -1.93. The molecular formula is C36H46Cl2F3N7O6S. The first kappa shape index (κ1) is 43.8. The number of aliphatic carboxylic acids is 1. The predicted molar refractivity (Wildman–Crippen MR) is 205 cm³/mol. The van der Waals surface area contributed by atoms with Gasteiger partial charge in [0.05, 0.1) is 5.02 Å². The zero-order valence-electron chi connectivity index (χ0n) is 31.0. The molecule has 55 heavy (non-hydrogen) atoms. The Morgan fingerprint density at radius 2 is 1.69 bits per heavy atom. The minimum absolute atomic E-state index is 0.0508. The van der Waals surface area contributed by atoms with Crippen molar-refractivity contribution in [1.29, 1.82) is 0 Å². The number of nitrogens with one attached hydrogen (secondary N) is 1. The second-order valence-corrected chi connectivity index (χ2v) is 16.2. The average Bonchev–Trinajstić information content (AvgIpc) is 3.58. The van der Waals surface area contributed by atoms with Gasteiger partial charge in [-0.05, 0) is 83.6 Å². The number of benzene rings is 2. The van der Waals surface area contributed by atoms with Crippen LogP contribution in [0.3, 0.4) is 0 Å². The highest BCUT2D eigenvalue weighted by atomic mass is 35.5. The van der Waals surface area contributed by atoms with E-state index in [1.54, 1.807) is 11.0 Å². The molecule has 0 atom stereocenters. The Morgan fingerprint density at radius 1 is 1.07 bits per heavy atom. The number of hydrogen-bond acceptors (Lipinski definition) is 8. The van der Waals surface area contributed by atoms with E-state index in [1.165, 1.54) is 12.1 Å². The maximum absolute atomic E-state index is 14.0. The second kappa shape index (κ2) is 18.4. The Bertz CT molecular complexity index is 2000. The number of pyridine rings is 1. The number of alkyl halides is 3. The van der Waals surface area contributed by atoms with Gasteiger partial charge in [0.2, 0.25) is 15.9 Å². The highest BCUT2D eigenvalue weighted by molar-refractivity contribution is 7.89. The third kappa shape index (κ3) is 11.1. The van der Waals surface area contributed by atoms with Crippen molar-refractivity contribution in [3.05, 3.63) is 63.3 Å². The number of carboxylic acids is 1. The number of amides is 1. The quantitative estimate of drug-likeness (QED) is 0.130. The first-order chi connectivity index (χ1) is 25.8. The number of rotatable bonds is 11. The fraction of sp³-hybridized carbons (Fsp3) is 0.500. The van der Waals surface area contributed by atoms with Crippen LogP contribution in [-0.2, 0) is 26.2 Å². The van der Waals surface area contributed by atoms with Crippen molar-refractivity contribution in [2.75, 3.05) is 53.4 Å². The standard InChI is InChI=1S/C34H45Cl2N7O4S.C2HF3O2/c1-23-21-24(2)39-31-25(23)9-7-10-28(31)47-22-26-27(35)11-12-29(30(26)36)48(45,46)40-34(13-5-6-14-34)32(44)42-17-19-43(20-18-42)33(37)38-15-8-16-41(3)4;3-2(4,5)1(6)7/h7,9-12,21,40H,5-6,8,13-20,22H2,1-4H3,(H2,37,38);(H,6,7). The van der Waals surface area contributed by atoms with Gasteiger partial charge in [0.1, 0.15) is 28.3 Å². The highest BCUT2D eigenvalue weighted by Gasteiger charge is 2.47. The lowest BCUT2D eigenvalue weighted by Crippen LogP contribution is -2.62. The number of carbonyl (C=O) groups excluding carboxylic acids is 1. The van der Waals surface area contributed by atoms with E-state index in [0.29, 0.717) is 68.4 Å². The largest absolute Gasteiger partial charge is 0.490 e. The Hall–Kier alpha value is -3.90. The second-order valence-electron chi connectivity index (χ2n) is 13.7. The lowest BCUT2D eigenvalue weighted by molar-refractivity contribution is -0.192. The van der Waals surface area contributed by atoms with E-state index < -0.39 is 27.7 Å². The molecule has 1 saturated heterocycles. The maximum atomic E-state index is 14.0. The van der Waals surface area contributed by atoms with Crippen LogP contribution in [0.15, 0.2) is 46.3 Å². The van der Waals surface area contributed by atoms with Crippen LogP contribution in [-0.4, -0.2) is 116 Å². The molecule has 1 amide bonds. The Morgan fingerprint density at radius 3 is 2.29 bits per heavy atom. The normalized spacial score (nSPS) is 16.3. The molecule has 4 N–H and O–H groups in total. The van der Waals surface area contributed by atoms with Gasteiger partial charge in [0, 0.05) is 54.4 Å². The molecule has 2 aromatic carbocycles. The van der Waals surface area contributed by atoms with Crippen LogP contribution in [0.2, 0.25) is 10.0 Å². The molecule has 13 nitrogen and oxygen atoms in total. The number of aromatic nitrogens is 1. The highest BCUT2D eigenvalue weighted by Crippen LogP contribution is 2.37. The number of fused-ring (bicyclic) bond motifs is 1. The summed E-state index contributed by atoms with van der Waals surface area (Å²) in [6, 6.07) is 10.5. The number of halogens is 5. The summed E-state index contributed by atoms with van der Waals surface area (Å²) in [5, 5.41) is 8.30. The Kier molecular flexibility index (Phi) is 14.6. The molecule has 0 bridgehead atoms. The fourth-order valence-corrected chi connectivity index (χ4v) is 8.82. The third-order valence-corrected chi connectivity index (χ3v) is 11.8. The summed E-state index contributed by atoms with van der Waals surface area (Å²) in [6.45, 7) is 7.29. The molecular weight excluding hydrogens is 786 g/mol. The van der Waals surface area contributed by atoms with Gasteiger partial charge in [0.25, 0.3) is 0 Å². The number of carbonyl (C=O) groups is 2. The van der Waals surface area contributed by atoms with Crippen molar-refractivity contribution in [3.8, 4) is 5.75 Å². The lowest BCUT2D eigenvalue weighted by atomic mass is 9.96. The molecule has 2 fully saturated rings. The average molecular weight is 833 g/mol.